The number of benzene rings is 1. The number of piperidine rings is 1. The van der Waals surface area contributed by atoms with Crippen molar-refractivity contribution in [3.63, 3.8) is 0 Å². The summed E-state index contributed by atoms with van der Waals surface area (Å²) in [6.45, 7) is 3.02. The van der Waals surface area contributed by atoms with Gasteiger partial charge in [0, 0.05) is 31.6 Å². The van der Waals surface area contributed by atoms with E-state index in [2.05, 4.69) is 5.32 Å². The summed E-state index contributed by atoms with van der Waals surface area (Å²) in [7, 11) is 0. The molecule has 0 spiro atoms. The van der Waals surface area contributed by atoms with Gasteiger partial charge in [-0.2, -0.15) is 0 Å². The van der Waals surface area contributed by atoms with Gasteiger partial charge < -0.3 is 15.3 Å². The summed E-state index contributed by atoms with van der Waals surface area (Å²) in [6.07, 6.45) is 1.72. The largest absolute Gasteiger partial charge is 0.386 e. The van der Waals surface area contributed by atoms with Crippen LogP contribution in [0.15, 0.2) is 24.3 Å². The van der Waals surface area contributed by atoms with Crippen LogP contribution in [-0.4, -0.2) is 41.5 Å². The Morgan fingerprint density at radius 3 is 2.88 bits per heavy atom. The van der Waals surface area contributed by atoms with E-state index in [9.17, 15) is 19.1 Å². The Morgan fingerprint density at radius 2 is 2.17 bits per heavy atom. The number of hydrogen-bond donors (Lipinski definition) is 2. The van der Waals surface area contributed by atoms with E-state index >= 15 is 0 Å². The molecule has 0 bridgehead atoms. The summed E-state index contributed by atoms with van der Waals surface area (Å²) in [5.41, 5.74) is 0.168. The van der Waals surface area contributed by atoms with Crippen molar-refractivity contribution in [1.29, 1.82) is 0 Å². The van der Waals surface area contributed by atoms with Crippen molar-refractivity contribution >= 4 is 11.8 Å². The van der Waals surface area contributed by atoms with Crippen LogP contribution in [0.25, 0.3) is 0 Å². The molecule has 2 atom stereocenters. The predicted octanol–water partition coefficient (Wildman–Crippen LogP) is 2.01. The number of carbonyl (C=O) groups excluding carboxylic acids is 2. The van der Waals surface area contributed by atoms with Crippen LogP contribution in [0.5, 0.6) is 0 Å². The fourth-order valence-corrected chi connectivity index (χ4v) is 2.99. The average molecular weight is 336 g/mol. The van der Waals surface area contributed by atoms with Crippen molar-refractivity contribution in [3.05, 3.63) is 35.6 Å². The van der Waals surface area contributed by atoms with Gasteiger partial charge in [-0.05, 0) is 25.3 Å². The quantitative estimate of drug-likeness (QED) is 0.835. The van der Waals surface area contributed by atoms with E-state index in [-0.39, 0.29) is 29.8 Å². The van der Waals surface area contributed by atoms with Crippen molar-refractivity contribution < 1.29 is 19.1 Å². The molecular formula is C18H25FN2O3. The van der Waals surface area contributed by atoms with Gasteiger partial charge in [-0.1, -0.05) is 25.1 Å². The summed E-state index contributed by atoms with van der Waals surface area (Å²) in [5.74, 6) is -0.874. The molecule has 2 unspecified atom stereocenters. The summed E-state index contributed by atoms with van der Waals surface area (Å²) in [4.78, 5) is 26.0. The number of halogens is 1. The lowest BCUT2D eigenvalue weighted by Crippen LogP contribution is -2.46. The highest BCUT2D eigenvalue weighted by molar-refractivity contribution is 5.81. The molecule has 132 valence electrons. The molecule has 6 heteroatoms. The van der Waals surface area contributed by atoms with Crippen LogP contribution in [0.3, 0.4) is 0 Å². The average Bonchev–Trinajstić information content (AvgIpc) is 2.60. The normalized spacial score (nSPS) is 19.0. The van der Waals surface area contributed by atoms with Crippen LogP contribution in [-0.2, 0) is 9.59 Å². The lowest BCUT2D eigenvalue weighted by atomic mass is 9.96. The van der Waals surface area contributed by atoms with Crippen LogP contribution >= 0.6 is 0 Å². The standard InChI is InChI=1S/C18H25FN2O3/c1-2-6-17(23)21-10-5-7-13(12-21)18(24)20-11-16(22)14-8-3-4-9-15(14)19/h3-4,8-9,13,16,22H,2,5-7,10-12H2,1H3,(H,20,24). The maximum Gasteiger partial charge on any atom is 0.225 e. The Balaban J connectivity index is 1.86. The van der Waals surface area contributed by atoms with Crippen LogP contribution in [0.2, 0.25) is 0 Å². The molecule has 0 aliphatic carbocycles. The number of nitrogens with zero attached hydrogens (tertiary/aromatic N) is 1. The Morgan fingerprint density at radius 1 is 1.42 bits per heavy atom. The zero-order chi connectivity index (χ0) is 17.5. The molecule has 2 rings (SSSR count). The van der Waals surface area contributed by atoms with E-state index in [0.717, 1.165) is 19.3 Å². The van der Waals surface area contributed by atoms with Gasteiger partial charge in [0.2, 0.25) is 11.8 Å². The first-order valence-corrected chi connectivity index (χ1v) is 8.51. The second kappa shape index (κ2) is 8.78. The molecule has 1 aliphatic rings. The van der Waals surface area contributed by atoms with Crippen molar-refractivity contribution in [2.45, 2.75) is 38.7 Å². The third-order valence-electron chi connectivity index (χ3n) is 4.34. The van der Waals surface area contributed by atoms with Gasteiger partial charge in [-0.3, -0.25) is 9.59 Å². The van der Waals surface area contributed by atoms with Gasteiger partial charge >= 0.3 is 0 Å². The third kappa shape index (κ3) is 4.77. The Labute approximate surface area is 141 Å². The topological polar surface area (TPSA) is 69.6 Å². The molecule has 1 aromatic rings. The summed E-state index contributed by atoms with van der Waals surface area (Å²) < 4.78 is 13.6. The lowest BCUT2D eigenvalue weighted by Gasteiger charge is -2.32. The Bertz CT molecular complexity index is 579. The minimum atomic E-state index is -1.09. The van der Waals surface area contributed by atoms with E-state index in [1.807, 2.05) is 6.92 Å². The molecule has 2 amide bonds. The van der Waals surface area contributed by atoms with Gasteiger partial charge in [0.05, 0.1) is 12.0 Å². The summed E-state index contributed by atoms with van der Waals surface area (Å²) in [6, 6.07) is 5.96. The first-order chi connectivity index (χ1) is 11.5. The summed E-state index contributed by atoms with van der Waals surface area (Å²) in [5, 5.41) is 12.7. The fourth-order valence-electron chi connectivity index (χ4n) is 2.99. The molecular weight excluding hydrogens is 311 g/mol. The highest BCUT2D eigenvalue weighted by atomic mass is 19.1. The molecule has 24 heavy (non-hydrogen) atoms. The molecule has 0 radical (unpaired) electrons. The fraction of sp³-hybridized carbons (Fsp3) is 0.556. The number of amides is 2. The number of likely N-dealkylation sites (tertiary alicyclic amines) is 1. The predicted molar refractivity (Wildman–Crippen MR) is 88.6 cm³/mol. The number of rotatable bonds is 6. The van der Waals surface area contributed by atoms with E-state index in [4.69, 9.17) is 0 Å². The lowest BCUT2D eigenvalue weighted by molar-refractivity contribution is -0.135. The first kappa shape index (κ1) is 18.4. The van der Waals surface area contributed by atoms with Crippen molar-refractivity contribution in [2.24, 2.45) is 5.92 Å². The number of nitrogens with one attached hydrogen (secondary N) is 1. The minimum absolute atomic E-state index is 0.0425. The van der Waals surface area contributed by atoms with Crippen molar-refractivity contribution in [3.8, 4) is 0 Å². The second-order valence-electron chi connectivity index (χ2n) is 6.21. The molecule has 1 heterocycles. The van der Waals surface area contributed by atoms with E-state index in [1.165, 1.54) is 12.1 Å². The maximum absolute atomic E-state index is 13.6. The third-order valence-corrected chi connectivity index (χ3v) is 4.34. The second-order valence-corrected chi connectivity index (χ2v) is 6.21. The molecule has 1 aliphatic heterocycles. The maximum atomic E-state index is 13.6. The molecule has 2 N–H and O–H groups in total. The molecule has 1 saturated heterocycles. The monoisotopic (exact) mass is 336 g/mol. The number of carbonyl (C=O) groups is 2. The molecule has 0 saturated carbocycles. The van der Waals surface area contributed by atoms with Gasteiger partial charge in [0.1, 0.15) is 5.82 Å². The van der Waals surface area contributed by atoms with Gasteiger partial charge in [0.25, 0.3) is 0 Å². The SMILES string of the molecule is CCCC(=O)N1CCCC(C(=O)NCC(O)c2ccccc2F)C1. The molecule has 5 nitrogen and oxygen atoms in total. The summed E-state index contributed by atoms with van der Waals surface area (Å²) >= 11 is 0. The van der Waals surface area contributed by atoms with Crippen LogP contribution in [0.4, 0.5) is 4.39 Å². The Kier molecular flexibility index (Phi) is 6.73. The molecule has 0 aromatic heterocycles. The molecule has 1 aromatic carbocycles. The number of aliphatic hydroxyl groups is 1. The van der Waals surface area contributed by atoms with E-state index in [0.29, 0.717) is 19.5 Å². The smallest absolute Gasteiger partial charge is 0.225 e. The number of aliphatic hydroxyl groups excluding tert-OH is 1. The van der Waals surface area contributed by atoms with Gasteiger partial charge in [0.15, 0.2) is 0 Å². The van der Waals surface area contributed by atoms with Gasteiger partial charge in [-0.25, -0.2) is 4.39 Å². The van der Waals surface area contributed by atoms with Crippen LogP contribution < -0.4 is 5.32 Å². The van der Waals surface area contributed by atoms with Crippen molar-refractivity contribution in [1.82, 2.24) is 10.2 Å². The van der Waals surface area contributed by atoms with Gasteiger partial charge in [-0.15, -0.1) is 0 Å². The molecule has 1 fully saturated rings. The zero-order valence-corrected chi connectivity index (χ0v) is 14.0. The van der Waals surface area contributed by atoms with E-state index < -0.39 is 11.9 Å². The van der Waals surface area contributed by atoms with Crippen LogP contribution in [0.1, 0.15) is 44.3 Å². The highest BCUT2D eigenvalue weighted by Gasteiger charge is 2.28. The minimum Gasteiger partial charge on any atom is -0.386 e. The van der Waals surface area contributed by atoms with Crippen LogP contribution in [0, 0.1) is 11.7 Å². The van der Waals surface area contributed by atoms with Crippen molar-refractivity contribution in [2.75, 3.05) is 19.6 Å². The van der Waals surface area contributed by atoms with E-state index in [1.54, 1.807) is 17.0 Å². The Hall–Kier alpha value is -1.95. The first-order valence-electron chi connectivity index (χ1n) is 8.51. The zero-order valence-electron chi connectivity index (χ0n) is 14.0. The number of hydrogen-bond acceptors (Lipinski definition) is 3. The highest BCUT2D eigenvalue weighted by Crippen LogP contribution is 2.19.